The van der Waals surface area contributed by atoms with E-state index in [1.165, 1.54) is 0 Å². The summed E-state index contributed by atoms with van der Waals surface area (Å²) in [6.07, 6.45) is 2.66. The molecule has 1 unspecified atom stereocenters. The number of nitrogens with zero attached hydrogens (tertiary/aromatic N) is 1. The zero-order valence-electron chi connectivity index (χ0n) is 13.2. The van der Waals surface area contributed by atoms with Gasteiger partial charge >= 0.3 is 0 Å². The molecule has 1 heterocycles. The molecule has 1 aliphatic rings. The van der Waals surface area contributed by atoms with Crippen molar-refractivity contribution in [3.05, 3.63) is 35.9 Å². The summed E-state index contributed by atoms with van der Waals surface area (Å²) in [6, 6.07) is 9.41. The molecular formula is C17H27N3O2. The molecule has 1 aliphatic heterocycles. The maximum Gasteiger partial charge on any atom is 0.237 e. The summed E-state index contributed by atoms with van der Waals surface area (Å²) in [5.41, 5.74) is 7.04. The number of carbonyl (C=O) groups excluding carboxylic acids is 1. The van der Waals surface area contributed by atoms with Crippen LogP contribution in [-0.4, -0.2) is 56.2 Å². The highest BCUT2D eigenvalue weighted by molar-refractivity contribution is 5.81. The van der Waals surface area contributed by atoms with Gasteiger partial charge in [0.15, 0.2) is 0 Å². The lowest BCUT2D eigenvalue weighted by molar-refractivity contribution is -0.122. The van der Waals surface area contributed by atoms with E-state index >= 15 is 0 Å². The number of hydrogen-bond donors (Lipinski definition) is 2. The Morgan fingerprint density at radius 1 is 1.23 bits per heavy atom. The van der Waals surface area contributed by atoms with E-state index in [2.05, 4.69) is 10.2 Å². The molecule has 5 nitrogen and oxygen atoms in total. The van der Waals surface area contributed by atoms with Crippen LogP contribution in [0.15, 0.2) is 30.3 Å². The zero-order valence-corrected chi connectivity index (χ0v) is 13.2. The minimum Gasteiger partial charge on any atom is -0.379 e. The Hall–Kier alpha value is -1.43. The summed E-state index contributed by atoms with van der Waals surface area (Å²) in [4.78, 5) is 14.4. The predicted molar refractivity (Wildman–Crippen MR) is 87.6 cm³/mol. The van der Waals surface area contributed by atoms with Crippen molar-refractivity contribution < 1.29 is 9.53 Å². The molecule has 0 bridgehead atoms. The van der Waals surface area contributed by atoms with Gasteiger partial charge in [-0.25, -0.2) is 0 Å². The maximum absolute atomic E-state index is 11.9. The number of carbonyl (C=O) groups is 1. The minimum absolute atomic E-state index is 0.0600. The second kappa shape index (κ2) is 9.56. The van der Waals surface area contributed by atoms with Gasteiger partial charge in [-0.05, 0) is 31.4 Å². The molecule has 1 fully saturated rings. The molecule has 22 heavy (non-hydrogen) atoms. The van der Waals surface area contributed by atoms with Gasteiger partial charge in [0.1, 0.15) is 0 Å². The molecule has 0 aliphatic carbocycles. The van der Waals surface area contributed by atoms with Crippen LogP contribution in [0.3, 0.4) is 0 Å². The van der Waals surface area contributed by atoms with Crippen LogP contribution in [0.5, 0.6) is 0 Å². The van der Waals surface area contributed by atoms with Crippen LogP contribution in [0.4, 0.5) is 0 Å². The van der Waals surface area contributed by atoms with Crippen molar-refractivity contribution in [1.29, 1.82) is 0 Å². The normalized spacial score (nSPS) is 17.1. The smallest absolute Gasteiger partial charge is 0.237 e. The van der Waals surface area contributed by atoms with E-state index in [1.54, 1.807) is 0 Å². The third-order valence-electron chi connectivity index (χ3n) is 3.94. The molecule has 0 aromatic heterocycles. The number of unbranched alkanes of at least 4 members (excludes halogenated alkanes) is 1. The Labute approximate surface area is 132 Å². The van der Waals surface area contributed by atoms with Gasteiger partial charge in [0.25, 0.3) is 0 Å². The first-order valence-corrected chi connectivity index (χ1v) is 8.13. The second-order valence-corrected chi connectivity index (χ2v) is 5.75. The molecule has 0 spiro atoms. The monoisotopic (exact) mass is 305 g/mol. The molecule has 1 saturated heterocycles. The van der Waals surface area contributed by atoms with E-state index in [1.807, 2.05) is 30.3 Å². The first-order chi connectivity index (χ1) is 10.8. The molecule has 1 atom stereocenters. The van der Waals surface area contributed by atoms with Crippen LogP contribution in [-0.2, 0) is 16.0 Å². The van der Waals surface area contributed by atoms with Crippen molar-refractivity contribution in [1.82, 2.24) is 10.2 Å². The Balaban J connectivity index is 1.55. The Bertz CT molecular complexity index is 433. The third-order valence-corrected chi connectivity index (χ3v) is 3.94. The fourth-order valence-corrected chi connectivity index (χ4v) is 2.59. The van der Waals surface area contributed by atoms with Crippen molar-refractivity contribution >= 4 is 5.91 Å². The Morgan fingerprint density at radius 2 is 1.95 bits per heavy atom. The predicted octanol–water partition coefficient (Wildman–Crippen LogP) is 0.785. The average Bonchev–Trinajstić information content (AvgIpc) is 2.56. The fraction of sp³-hybridized carbons (Fsp3) is 0.588. The first-order valence-electron chi connectivity index (χ1n) is 8.13. The van der Waals surface area contributed by atoms with E-state index < -0.39 is 6.04 Å². The largest absolute Gasteiger partial charge is 0.379 e. The summed E-state index contributed by atoms with van der Waals surface area (Å²) in [5, 5.41) is 2.93. The lowest BCUT2D eigenvalue weighted by Crippen LogP contribution is -2.42. The molecule has 1 aromatic rings. The number of ether oxygens (including phenoxy) is 1. The molecule has 1 aromatic carbocycles. The van der Waals surface area contributed by atoms with E-state index in [4.69, 9.17) is 10.5 Å². The van der Waals surface area contributed by atoms with Crippen LogP contribution in [0.1, 0.15) is 18.4 Å². The van der Waals surface area contributed by atoms with Crippen molar-refractivity contribution in [2.45, 2.75) is 25.3 Å². The Morgan fingerprint density at radius 3 is 2.68 bits per heavy atom. The second-order valence-electron chi connectivity index (χ2n) is 5.75. The van der Waals surface area contributed by atoms with Gasteiger partial charge in [0.2, 0.25) is 5.91 Å². The molecule has 2 rings (SSSR count). The van der Waals surface area contributed by atoms with Gasteiger partial charge in [0, 0.05) is 19.6 Å². The van der Waals surface area contributed by atoms with Gasteiger partial charge < -0.3 is 15.8 Å². The highest BCUT2D eigenvalue weighted by atomic mass is 16.5. The quantitative estimate of drug-likeness (QED) is 0.697. The first kappa shape index (κ1) is 16.9. The Kier molecular flexibility index (Phi) is 7.36. The van der Waals surface area contributed by atoms with Crippen molar-refractivity contribution in [3.63, 3.8) is 0 Å². The molecule has 122 valence electrons. The van der Waals surface area contributed by atoms with E-state index in [-0.39, 0.29) is 5.91 Å². The van der Waals surface area contributed by atoms with Crippen LogP contribution < -0.4 is 11.1 Å². The summed E-state index contributed by atoms with van der Waals surface area (Å²) in [7, 11) is 0. The minimum atomic E-state index is -0.471. The standard InChI is InChI=1S/C17H27N3O2/c18-16(14-15-6-2-1-3-7-15)17(21)19-8-4-5-9-20-10-12-22-13-11-20/h1-3,6-7,16H,4-5,8-14,18H2,(H,19,21). The van der Waals surface area contributed by atoms with E-state index in [0.717, 1.165) is 51.3 Å². The zero-order chi connectivity index (χ0) is 15.6. The highest BCUT2D eigenvalue weighted by Gasteiger charge is 2.13. The third kappa shape index (κ3) is 6.13. The van der Waals surface area contributed by atoms with E-state index in [9.17, 15) is 4.79 Å². The lowest BCUT2D eigenvalue weighted by Gasteiger charge is -2.26. The summed E-state index contributed by atoms with van der Waals surface area (Å²) >= 11 is 0. The van der Waals surface area contributed by atoms with Crippen LogP contribution in [0.2, 0.25) is 0 Å². The van der Waals surface area contributed by atoms with Crippen LogP contribution in [0, 0.1) is 0 Å². The van der Waals surface area contributed by atoms with Crippen LogP contribution in [0.25, 0.3) is 0 Å². The number of rotatable bonds is 8. The summed E-state index contributed by atoms with van der Waals surface area (Å²) in [6.45, 7) is 5.50. The number of amides is 1. The molecule has 0 saturated carbocycles. The van der Waals surface area contributed by atoms with Crippen LogP contribution >= 0.6 is 0 Å². The molecule has 1 amide bonds. The molecule has 3 N–H and O–H groups in total. The SMILES string of the molecule is NC(Cc1ccccc1)C(=O)NCCCCN1CCOCC1. The molecule has 5 heteroatoms. The summed E-state index contributed by atoms with van der Waals surface area (Å²) < 4.78 is 5.32. The van der Waals surface area contributed by atoms with Gasteiger partial charge in [-0.15, -0.1) is 0 Å². The number of nitrogens with two attached hydrogens (primary N) is 1. The molecular weight excluding hydrogens is 278 g/mol. The topological polar surface area (TPSA) is 67.6 Å². The summed E-state index contributed by atoms with van der Waals surface area (Å²) in [5.74, 6) is -0.0600. The number of hydrogen-bond acceptors (Lipinski definition) is 4. The van der Waals surface area contributed by atoms with Crippen molar-refractivity contribution in [2.75, 3.05) is 39.4 Å². The van der Waals surface area contributed by atoms with Gasteiger partial charge in [0.05, 0.1) is 19.3 Å². The van der Waals surface area contributed by atoms with Gasteiger partial charge in [-0.1, -0.05) is 30.3 Å². The number of morpholine rings is 1. The number of benzene rings is 1. The van der Waals surface area contributed by atoms with Gasteiger partial charge in [-0.3, -0.25) is 9.69 Å². The van der Waals surface area contributed by atoms with E-state index in [0.29, 0.717) is 13.0 Å². The lowest BCUT2D eigenvalue weighted by atomic mass is 10.1. The highest BCUT2D eigenvalue weighted by Crippen LogP contribution is 2.02. The molecule has 0 radical (unpaired) electrons. The fourth-order valence-electron chi connectivity index (χ4n) is 2.59. The van der Waals surface area contributed by atoms with Crippen molar-refractivity contribution in [2.24, 2.45) is 5.73 Å². The number of nitrogens with one attached hydrogen (secondary N) is 1. The van der Waals surface area contributed by atoms with Crippen molar-refractivity contribution in [3.8, 4) is 0 Å². The maximum atomic E-state index is 11.9. The average molecular weight is 305 g/mol. The van der Waals surface area contributed by atoms with Gasteiger partial charge in [-0.2, -0.15) is 0 Å².